The van der Waals surface area contributed by atoms with Crippen LogP contribution in [0, 0.1) is 0 Å². The number of carbonyl (C=O) groups is 1. The summed E-state index contributed by atoms with van der Waals surface area (Å²) in [5.41, 5.74) is 3.55. The second kappa shape index (κ2) is 8.69. The summed E-state index contributed by atoms with van der Waals surface area (Å²) in [6.45, 7) is 1.68. The van der Waals surface area contributed by atoms with E-state index >= 15 is 0 Å². The van der Waals surface area contributed by atoms with Crippen LogP contribution in [0.25, 0.3) is 21.3 Å². The number of hydrogen-bond acceptors (Lipinski definition) is 7. The lowest BCUT2D eigenvalue weighted by Gasteiger charge is -2.08. The molecule has 0 fully saturated rings. The molecule has 4 rings (SSSR count). The normalized spacial score (nSPS) is 11.1. The molecule has 0 aliphatic heterocycles. The highest BCUT2D eigenvalue weighted by atomic mass is 32.1. The van der Waals surface area contributed by atoms with E-state index in [-0.39, 0.29) is 5.91 Å². The molecule has 0 saturated heterocycles. The molecule has 0 radical (unpaired) electrons. The summed E-state index contributed by atoms with van der Waals surface area (Å²) in [6.07, 6.45) is 0. The number of aromatic nitrogens is 2. The van der Waals surface area contributed by atoms with Crippen molar-refractivity contribution in [2.24, 2.45) is 0 Å². The van der Waals surface area contributed by atoms with Gasteiger partial charge in [-0.1, -0.05) is 47.7 Å². The fraction of sp³-hybridized carbons (Fsp3) is 0.190. The number of nitrogens with zero attached hydrogens (tertiary/aromatic N) is 3. The molecule has 8 heteroatoms. The minimum Gasteiger partial charge on any atom is -0.360 e. The number of amides is 1. The number of thiazole rings is 2. The molecular formula is C21H21N5OS2. The lowest BCUT2D eigenvalue weighted by atomic mass is 10.1. The number of carbonyl (C=O) groups excluding carboxylic acids is 1. The minimum atomic E-state index is -0.246. The van der Waals surface area contributed by atoms with Gasteiger partial charge < -0.3 is 10.2 Å². The zero-order valence-corrected chi connectivity index (χ0v) is 17.8. The third-order valence-corrected chi connectivity index (χ3v) is 6.02. The van der Waals surface area contributed by atoms with Crippen LogP contribution in [0.3, 0.4) is 0 Å². The van der Waals surface area contributed by atoms with E-state index in [1.165, 1.54) is 22.7 Å². The molecule has 2 aromatic heterocycles. The van der Waals surface area contributed by atoms with E-state index < -0.39 is 0 Å². The molecule has 0 saturated carbocycles. The van der Waals surface area contributed by atoms with Crippen molar-refractivity contribution in [3.63, 3.8) is 0 Å². The van der Waals surface area contributed by atoms with Crippen LogP contribution in [-0.2, 0) is 0 Å². The predicted molar refractivity (Wildman–Crippen MR) is 122 cm³/mol. The van der Waals surface area contributed by atoms with E-state index in [2.05, 4.69) is 49.8 Å². The summed E-state index contributed by atoms with van der Waals surface area (Å²) in [4.78, 5) is 23.5. The van der Waals surface area contributed by atoms with Gasteiger partial charge in [-0.2, -0.15) is 0 Å². The summed E-state index contributed by atoms with van der Waals surface area (Å²) >= 11 is 2.89. The zero-order valence-electron chi connectivity index (χ0n) is 16.2. The highest BCUT2D eigenvalue weighted by Gasteiger charge is 2.14. The van der Waals surface area contributed by atoms with E-state index in [4.69, 9.17) is 0 Å². The Kier molecular flexibility index (Phi) is 5.84. The Hall–Kier alpha value is -2.81. The quantitative estimate of drug-likeness (QED) is 0.453. The van der Waals surface area contributed by atoms with Gasteiger partial charge in [0, 0.05) is 18.5 Å². The third-order valence-electron chi connectivity index (χ3n) is 4.29. The number of likely N-dealkylation sites (N-methyl/N-ethyl adjacent to an activating group) is 1. The molecular weight excluding hydrogens is 402 g/mol. The molecule has 1 amide bonds. The maximum atomic E-state index is 12.5. The first-order valence-electron chi connectivity index (χ1n) is 9.20. The molecule has 6 nitrogen and oxygen atoms in total. The second-order valence-corrected chi connectivity index (χ2v) is 8.68. The van der Waals surface area contributed by atoms with Crippen molar-refractivity contribution in [3.8, 4) is 11.1 Å². The Morgan fingerprint density at radius 3 is 2.66 bits per heavy atom. The largest absolute Gasteiger partial charge is 0.360 e. The maximum Gasteiger partial charge on any atom is 0.276 e. The molecule has 0 atom stereocenters. The summed E-state index contributed by atoms with van der Waals surface area (Å²) in [5.74, 6) is -0.246. The van der Waals surface area contributed by atoms with Crippen LogP contribution >= 0.6 is 22.7 Å². The molecule has 148 valence electrons. The first kappa shape index (κ1) is 19.5. The van der Waals surface area contributed by atoms with Gasteiger partial charge >= 0.3 is 0 Å². The van der Waals surface area contributed by atoms with Crippen LogP contribution in [0.1, 0.15) is 10.5 Å². The average molecular weight is 424 g/mol. The molecule has 4 aromatic rings. The summed E-state index contributed by atoms with van der Waals surface area (Å²) < 4.78 is 1.03. The summed E-state index contributed by atoms with van der Waals surface area (Å²) in [5, 5.41) is 9.18. The Labute approximate surface area is 177 Å². The highest BCUT2D eigenvalue weighted by molar-refractivity contribution is 7.22. The van der Waals surface area contributed by atoms with E-state index in [0.717, 1.165) is 39.6 Å². The Morgan fingerprint density at radius 2 is 1.86 bits per heavy atom. The van der Waals surface area contributed by atoms with Crippen LogP contribution in [0.4, 0.5) is 10.3 Å². The average Bonchev–Trinajstić information content (AvgIpc) is 3.34. The van der Waals surface area contributed by atoms with Gasteiger partial charge in [-0.15, -0.1) is 11.3 Å². The van der Waals surface area contributed by atoms with Crippen LogP contribution in [0.2, 0.25) is 0 Å². The number of nitrogens with one attached hydrogen (secondary N) is 2. The molecule has 2 aromatic carbocycles. The van der Waals surface area contributed by atoms with Gasteiger partial charge in [-0.25, -0.2) is 9.97 Å². The predicted octanol–water partition coefficient (Wildman–Crippen LogP) is 4.65. The molecule has 0 unspecified atom stereocenters. The molecule has 0 aliphatic rings. The van der Waals surface area contributed by atoms with Gasteiger partial charge in [0.15, 0.2) is 10.3 Å². The van der Waals surface area contributed by atoms with Crippen molar-refractivity contribution in [2.75, 3.05) is 37.8 Å². The molecule has 2 heterocycles. The fourth-order valence-electron chi connectivity index (χ4n) is 2.80. The first-order valence-corrected chi connectivity index (χ1v) is 10.9. The van der Waals surface area contributed by atoms with Gasteiger partial charge in [-0.3, -0.25) is 10.1 Å². The third kappa shape index (κ3) is 4.79. The van der Waals surface area contributed by atoms with Crippen molar-refractivity contribution in [2.45, 2.75) is 0 Å². The number of benzene rings is 2. The van der Waals surface area contributed by atoms with Gasteiger partial charge in [0.2, 0.25) is 0 Å². The van der Waals surface area contributed by atoms with Gasteiger partial charge in [0.25, 0.3) is 5.91 Å². The van der Waals surface area contributed by atoms with Crippen LogP contribution in [0.15, 0.2) is 53.9 Å². The first-order chi connectivity index (χ1) is 14.1. The monoisotopic (exact) mass is 423 g/mol. The summed E-state index contributed by atoms with van der Waals surface area (Å²) in [6, 6.07) is 16.4. The number of anilines is 2. The van der Waals surface area contributed by atoms with Gasteiger partial charge in [0.05, 0.1) is 10.2 Å². The van der Waals surface area contributed by atoms with Crippen molar-refractivity contribution in [1.29, 1.82) is 0 Å². The molecule has 2 N–H and O–H groups in total. The summed E-state index contributed by atoms with van der Waals surface area (Å²) in [7, 11) is 4.03. The van der Waals surface area contributed by atoms with Gasteiger partial charge in [0.1, 0.15) is 5.69 Å². The molecule has 0 bridgehead atoms. The Morgan fingerprint density at radius 1 is 1.03 bits per heavy atom. The molecule has 29 heavy (non-hydrogen) atoms. The zero-order chi connectivity index (χ0) is 20.2. The van der Waals surface area contributed by atoms with Crippen LogP contribution in [-0.4, -0.2) is 48.0 Å². The fourth-order valence-corrected chi connectivity index (χ4v) is 4.41. The lowest BCUT2D eigenvalue weighted by molar-refractivity contribution is 0.102. The van der Waals surface area contributed by atoms with Crippen molar-refractivity contribution < 1.29 is 4.79 Å². The van der Waals surface area contributed by atoms with Crippen LogP contribution < -0.4 is 10.6 Å². The number of rotatable bonds is 7. The minimum absolute atomic E-state index is 0.246. The highest BCUT2D eigenvalue weighted by Crippen LogP contribution is 2.30. The number of fused-ring (bicyclic) bond motifs is 1. The Balaban J connectivity index is 1.45. The second-order valence-electron chi connectivity index (χ2n) is 6.79. The van der Waals surface area contributed by atoms with Gasteiger partial charge in [-0.05, 0) is 37.4 Å². The van der Waals surface area contributed by atoms with Crippen molar-refractivity contribution in [3.05, 3.63) is 59.6 Å². The van der Waals surface area contributed by atoms with E-state index in [0.29, 0.717) is 10.8 Å². The van der Waals surface area contributed by atoms with Crippen LogP contribution in [0.5, 0.6) is 0 Å². The van der Waals surface area contributed by atoms with E-state index in [9.17, 15) is 4.79 Å². The molecule has 0 aliphatic carbocycles. The van der Waals surface area contributed by atoms with Crippen molar-refractivity contribution >= 4 is 49.1 Å². The molecule has 0 spiro atoms. The van der Waals surface area contributed by atoms with Crippen molar-refractivity contribution in [1.82, 2.24) is 14.9 Å². The van der Waals surface area contributed by atoms with E-state index in [1.54, 1.807) is 5.38 Å². The van der Waals surface area contributed by atoms with E-state index in [1.807, 2.05) is 38.4 Å². The SMILES string of the molecule is CN(C)CCNc1nc(C(=O)Nc2nc3ccc(-c4ccccc4)cc3s2)cs1. The topological polar surface area (TPSA) is 70.2 Å². The lowest BCUT2D eigenvalue weighted by Crippen LogP contribution is -2.20. The number of hydrogen-bond donors (Lipinski definition) is 2. The maximum absolute atomic E-state index is 12.5. The smallest absolute Gasteiger partial charge is 0.276 e. The Bertz CT molecular complexity index is 1120. The standard InChI is InChI=1S/C21H21N5OS2/c1-26(2)11-10-22-20-24-17(13-28-20)19(27)25-21-23-16-9-8-15(12-18(16)29-21)14-6-4-3-5-7-14/h3-9,12-13H,10-11H2,1-2H3,(H,22,24)(H,23,25,27).